The molecule has 0 heterocycles. The van der Waals surface area contributed by atoms with Gasteiger partial charge in [0.2, 0.25) is 5.54 Å². The molecule has 0 fully saturated rings. The summed E-state index contributed by atoms with van der Waals surface area (Å²) in [6.45, 7) is 4.12. The van der Waals surface area contributed by atoms with Gasteiger partial charge in [-0.25, -0.2) is 0 Å². The number of aliphatic hydroxyl groups excluding tert-OH is 1. The van der Waals surface area contributed by atoms with Gasteiger partial charge in [0, 0.05) is 31.8 Å². The van der Waals surface area contributed by atoms with E-state index < -0.39 is 5.54 Å². The lowest BCUT2D eigenvalue weighted by atomic mass is 9.88. The van der Waals surface area contributed by atoms with Crippen molar-refractivity contribution in [1.82, 2.24) is 5.32 Å². The van der Waals surface area contributed by atoms with Crippen LogP contribution in [0.3, 0.4) is 0 Å². The molecule has 0 spiro atoms. The van der Waals surface area contributed by atoms with Crippen LogP contribution in [-0.2, 0) is 0 Å². The Balaban J connectivity index is 4.03. The largest absolute Gasteiger partial charge is 0.396 e. The molecule has 0 aliphatic rings. The van der Waals surface area contributed by atoms with Crippen LogP contribution in [0, 0.1) is 16.0 Å². The summed E-state index contributed by atoms with van der Waals surface area (Å²) in [4.78, 5) is 10.4. The molecule has 0 aliphatic heterocycles. The Morgan fingerprint density at radius 3 is 2.53 bits per heavy atom. The number of aliphatic hydroxyl groups is 1. The highest BCUT2D eigenvalue weighted by atomic mass is 16.6. The maximum atomic E-state index is 10.7. The molecular weight excluding hydrogens is 196 g/mol. The van der Waals surface area contributed by atoms with E-state index in [1.807, 2.05) is 7.05 Å². The highest BCUT2D eigenvalue weighted by Gasteiger charge is 2.33. The number of hydrogen-bond donors (Lipinski definition) is 2. The predicted octanol–water partition coefficient (Wildman–Crippen LogP) is 1.04. The average Bonchev–Trinajstić information content (AvgIpc) is 2.16. The van der Waals surface area contributed by atoms with Crippen molar-refractivity contribution >= 4 is 0 Å². The Labute approximate surface area is 91.0 Å². The van der Waals surface area contributed by atoms with Crippen molar-refractivity contribution in [3.8, 4) is 0 Å². The molecule has 0 unspecified atom stereocenters. The van der Waals surface area contributed by atoms with Gasteiger partial charge in [0.05, 0.1) is 0 Å². The van der Waals surface area contributed by atoms with Crippen molar-refractivity contribution in [3.05, 3.63) is 10.1 Å². The van der Waals surface area contributed by atoms with Gasteiger partial charge >= 0.3 is 0 Å². The third-order valence-electron chi connectivity index (χ3n) is 2.58. The van der Waals surface area contributed by atoms with E-state index in [0.29, 0.717) is 6.42 Å². The zero-order valence-corrected chi connectivity index (χ0v) is 9.82. The first-order valence-corrected chi connectivity index (χ1v) is 5.34. The molecule has 0 aliphatic carbocycles. The van der Waals surface area contributed by atoms with E-state index in [1.54, 1.807) is 13.8 Å². The summed E-state index contributed by atoms with van der Waals surface area (Å²) in [7, 11) is 1.87. The fourth-order valence-corrected chi connectivity index (χ4v) is 1.61. The van der Waals surface area contributed by atoms with Gasteiger partial charge in [-0.3, -0.25) is 10.1 Å². The summed E-state index contributed by atoms with van der Waals surface area (Å²) in [6.07, 6.45) is 2.20. The minimum Gasteiger partial charge on any atom is -0.396 e. The van der Waals surface area contributed by atoms with Gasteiger partial charge in [0.25, 0.3) is 0 Å². The summed E-state index contributed by atoms with van der Waals surface area (Å²) in [5.74, 6) is 0.0266. The normalized spacial score (nSPS) is 13.9. The SMILES string of the molecule is CNCCC[C@H](CO)CC(C)(C)[N+](=O)[O-]. The zero-order chi connectivity index (χ0) is 11.9. The molecule has 0 bridgehead atoms. The third kappa shape index (κ3) is 5.69. The molecule has 15 heavy (non-hydrogen) atoms. The van der Waals surface area contributed by atoms with Gasteiger partial charge in [-0.05, 0) is 32.4 Å². The van der Waals surface area contributed by atoms with Crippen LogP contribution in [0.4, 0.5) is 0 Å². The number of rotatable bonds is 8. The molecular formula is C10H22N2O3. The molecule has 90 valence electrons. The Kier molecular flexibility index (Phi) is 6.43. The van der Waals surface area contributed by atoms with E-state index in [1.165, 1.54) is 0 Å². The van der Waals surface area contributed by atoms with Crippen LogP contribution in [0.15, 0.2) is 0 Å². The maximum absolute atomic E-state index is 10.7. The maximum Gasteiger partial charge on any atom is 0.217 e. The van der Waals surface area contributed by atoms with E-state index in [9.17, 15) is 10.1 Å². The zero-order valence-electron chi connectivity index (χ0n) is 9.82. The lowest BCUT2D eigenvalue weighted by Crippen LogP contribution is -2.34. The highest BCUT2D eigenvalue weighted by Crippen LogP contribution is 2.22. The molecule has 0 saturated carbocycles. The highest BCUT2D eigenvalue weighted by molar-refractivity contribution is 4.73. The van der Waals surface area contributed by atoms with Crippen molar-refractivity contribution in [2.45, 2.75) is 38.6 Å². The molecule has 0 aromatic rings. The quantitative estimate of drug-likeness (QED) is 0.362. The van der Waals surface area contributed by atoms with Crippen molar-refractivity contribution < 1.29 is 10.0 Å². The summed E-state index contributed by atoms with van der Waals surface area (Å²) >= 11 is 0. The molecule has 5 heteroatoms. The number of nitrogens with one attached hydrogen (secondary N) is 1. The van der Waals surface area contributed by atoms with E-state index in [0.717, 1.165) is 19.4 Å². The van der Waals surface area contributed by atoms with Crippen LogP contribution in [0.25, 0.3) is 0 Å². The van der Waals surface area contributed by atoms with E-state index in [4.69, 9.17) is 5.11 Å². The van der Waals surface area contributed by atoms with E-state index in [2.05, 4.69) is 5.32 Å². The molecule has 0 rings (SSSR count). The molecule has 2 N–H and O–H groups in total. The standard InChI is InChI=1S/C10H22N2O3/c1-10(2,12(14)15)7-9(8-13)5-4-6-11-3/h9,11,13H,4-8H2,1-3H3/t9-/m0/s1. The second-order valence-corrected chi connectivity index (χ2v) is 4.57. The molecule has 5 nitrogen and oxygen atoms in total. The third-order valence-corrected chi connectivity index (χ3v) is 2.58. The van der Waals surface area contributed by atoms with E-state index in [-0.39, 0.29) is 17.4 Å². The first-order valence-electron chi connectivity index (χ1n) is 5.34. The monoisotopic (exact) mass is 218 g/mol. The molecule has 0 saturated heterocycles. The molecule has 0 radical (unpaired) electrons. The Bertz CT molecular complexity index is 195. The van der Waals surface area contributed by atoms with Gasteiger partial charge in [0.15, 0.2) is 0 Å². The van der Waals surface area contributed by atoms with Gasteiger partial charge in [0.1, 0.15) is 0 Å². The van der Waals surface area contributed by atoms with Crippen molar-refractivity contribution in [1.29, 1.82) is 0 Å². The lowest BCUT2D eigenvalue weighted by molar-refractivity contribution is -0.563. The smallest absolute Gasteiger partial charge is 0.217 e. The topological polar surface area (TPSA) is 75.4 Å². The second-order valence-electron chi connectivity index (χ2n) is 4.57. The summed E-state index contributed by atoms with van der Waals surface area (Å²) in [5.41, 5.74) is -0.937. The first kappa shape index (κ1) is 14.3. The van der Waals surface area contributed by atoms with Crippen LogP contribution < -0.4 is 5.32 Å². The van der Waals surface area contributed by atoms with Gasteiger partial charge in [-0.15, -0.1) is 0 Å². The minimum absolute atomic E-state index is 0.0266. The van der Waals surface area contributed by atoms with Gasteiger partial charge in [-0.1, -0.05) is 0 Å². The van der Waals surface area contributed by atoms with Crippen LogP contribution in [-0.4, -0.2) is 35.8 Å². The summed E-state index contributed by atoms with van der Waals surface area (Å²) in [6, 6.07) is 0. The Hall–Kier alpha value is -0.680. The minimum atomic E-state index is -0.937. The van der Waals surface area contributed by atoms with Crippen LogP contribution >= 0.6 is 0 Å². The van der Waals surface area contributed by atoms with E-state index >= 15 is 0 Å². The number of nitro groups is 1. The van der Waals surface area contributed by atoms with Crippen molar-refractivity contribution in [2.24, 2.45) is 5.92 Å². The fraction of sp³-hybridized carbons (Fsp3) is 1.00. The lowest BCUT2D eigenvalue weighted by Gasteiger charge is -2.21. The molecule has 1 atom stereocenters. The van der Waals surface area contributed by atoms with Crippen LogP contribution in [0.1, 0.15) is 33.1 Å². The second kappa shape index (κ2) is 6.74. The van der Waals surface area contributed by atoms with Gasteiger partial charge in [-0.2, -0.15) is 0 Å². The molecule has 0 amide bonds. The predicted molar refractivity (Wildman–Crippen MR) is 59.4 cm³/mol. The van der Waals surface area contributed by atoms with Crippen molar-refractivity contribution in [3.63, 3.8) is 0 Å². The van der Waals surface area contributed by atoms with Crippen LogP contribution in [0.5, 0.6) is 0 Å². The fourth-order valence-electron chi connectivity index (χ4n) is 1.61. The van der Waals surface area contributed by atoms with Crippen molar-refractivity contribution in [2.75, 3.05) is 20.2 Å². The Morgan fingerprint density at radius 1 is 1.53 bits per heavy atom. The summed E-state index contributed by atoms with van der Waals surface area (Å²) < 4.78 is 0. The number of nitrogens with zero attached hydrogens (tertiary/aromatic N) is 1. The first-order chi connectivity index (χ1) is 6.94. The number of hydrogen-bond acceptors (Lipinski definition) is 4. The molecule has 0 aromatic carbocycles. The van der Waals surface area contributed by atoms with Gasteiger partial charge < -0.3 is 10.4 Å². The van der Waals surface area contributed by atoms with Crippen LogP contribution in [0.2, 0.25) is 0 Å². The Morgan fingerprint density at radius 2 is 2.13 bits per heavy atom. The molecule has 0 aromatic heterocycles. The average molecular weight is 218 g/mol. The summed E-state index contributed by atoms with van der Waals surface area (Å²) in [5, 5.41) is 22.9.